The van der Waals surface area contributed by atoms with Crippen LogP contribution in [0.3, 0.4) is 0 Å². The number of hydrogen-bond acceptors (Lipinski definition) is 5. The highest BCUT2D eigenvalue weighted by Crippen LogP contribution is 2.30. The van der Waals surface area contributed by atoms with Crippen LogP contribution >= 0.6 is 0 Å². The van der Waals surface area contributed by atoms with Gasteiger partial charge in [0, 0.05) is 17.7 Å². The predicted molar refractivity (Wildman–Crippen MR) is 94.9 cm³/mol. The molecule has 0 saturated heterocycles. The molecule has 7 nitrogen and oxygen atoms in total. The molecule has 0 heterocycles. The standard InChI is InChI=1S/C17H11F5N2O5S/c1-29-10-3-2-7(4-9(10)24(26)27)6-30(28)11(17(23)25)5-8-12(18)14(20)16(22)15(21)13(8)19/h2-5H,6H2,1H3,(H2,23,25)/b11-5+. The van der Waals surface area contributed by atoms with Crippen molar-refractivity contribution in [3.05, 3.63) is 73.4 Å². The molecule has 0 radical (unpaired) electrons. The van der Waals surface area contributed by atoms with Crippen LogP contribution in [0.15, 0.2) is 23.1 Å². The van der Waals surface area contributed by atoms with E-state index in [2.05, 4.69) is 0 Å². The Hall–Kier alpha value is -3.19. The van der Waals surface area contributed by atoms with Gasteiger partial charge in [-0.3, -0.25) is 14.9 Å². The molecular weight excluding hydrogens is 439 g/mol. The SMILES string of the molecule is COc1ccc(C[S+]([O-])/C(=C/c2c(F)c(F)c(F)c(F)c2F)C(N)=O)cc1[N+](=O)[O-]. The van der Waals surface area contributed by atoms with Gasteiger partial charge in [0.2, 0.25) is 10.7 Å². The van der Waals surface area contributed by atoms with Crippen molar-refractivity contribution in [2.24, 2.45) is 5.73 Å². The van der Waals surface area contributed by atoms with Crippen LogP contribution in [0.2, 0.25) is 0 Å². The third kappa shape index (κ3) is 4.52. The zero-order chi connectivity index (χ0) is 22.7. The molecule has 2 aromatic rings. The second kappa shape index (κ2) is 9.09. The highest BCUT2D eigenvalue weighted by atomic mass is 32.2. The number of carbonyl (C=O) groups is 1. The maximum atomic E-state index is 13.8. The van der Waals surface area contributed by atoms with E-state index < -0.39 is 73.0 Å². The number of rotatable bonds is 7. The van der Waals surface area contributed by atoms with Crippen LogP contribution in [-0.4, -0.2) is 22.5 Å². The number of nitro benzene ring substituents is 1. The molecule has 2 N–H and O–H groups in total. The van der Waals surface area contributed by atoms with Gasteiger partial charge in [0.25, 0.3) is 5.91 Å². The van der Waals surface area contributed by atoms with Gasteiger partial charge < -0.3 is 15.0 Å². The third-order valence-corrected chi connectivity index (χ3v) is 5.15. The first-order valence-electron chi connectivity index (χ1n) is 7.72. The Kier molecular flexibility index (Phi) is 7.00. The molecule has 1 atom stereocenters. The lowest BCUT2D eigenvalue weighted by Crippen LogP contribution is -2.22. The lowest BCUT2D eigenvalue weighted by molar-refractivity contribution is -0.385. The topological polar surface area (TPSA) is 119 Å². The predicted octanol–water partition coefficient (Wildman–Crippen LogP) is 3.07. The third-order valence-electron chi connectivity index (χ3n) is 3.75. The Morgan fingerprint density at radius 1 is 1.13 bits per heavy atom. The van der Waals surface area contributed by atoms with Gasteiger partial charge in [0.15, 0.2) is 29.0 Å². The smallest absolute Gasteiger partial charge is 0.311 e. The fourth-order valence-electron chi connectivity index (χ4n) is 2.33. The summed E-state index contributed by atoms with van der Waals surface area (Å²) >= 11 is -2.45. The van der Waals surface area contributed by atoms with Crippen LogP contribution in [0.4, 0.5) is 27.6 Å². The van der Waals surface area contributed by atoms with Crippen molar-refractivity contribution in [3.63, 3.8) is 0 Å². The molecule has 0 fully saturated rings. The number of benzene rings is 2. The summed E-state index contributed by atoms with van der Waals surface area (Å²) in [5.41, 5.74) is 3.09. The minimum Gasteiger partial charge on any atom is -0.611 e. The summed E-state index contributed by atoms with van der Waals surface area (Å²) < 4.78 is 84.8. The zero-order valence-electron chi connectivity index (χ0n) is 14.9. The van der Waals surface area contributed by atoms with E-state index in [0.717, 1.165) is 6.07 Å². The van der Waals surface area contributed by atoms with Gasteiger partial charge in [-0.2, -0.15) is 0 Å². The van der Waals surface area contributed by atoms with Gasteiger partial charge in [0.05, 0.1) is 17.6 Å². The lowest BCUT2D eigenvalue weighted by Gasteiger charge is -2.13. The van der Waals surface area contributed by atoms with Crippen molar-refractivity contribution in [1.29, 1.82) is 0 Å². The molecule has 1 amide bonds. The largest absolute Gasteiger partial charge is 0.611 e. The van der Waals surface area contributed by atoms with Crippen LogP contribution in [0.5, 0.6) is 5.75 Å². The van der Waals surface area contributed by atoms with E-state index in [9.17, 15) is 41.4 Å². The summed E-state index contributed by atoms with van der Waals surface area (Å²) in [5.74, 6) is -13.6. The Morgan fingerprint density at radius 3 is 2.13 bits per heavy atom. The Labute approximate surface area is 168 Å². The summed E-state index contributed by atoms with van der Waals surface area (Å²) in [7, 11) is 1.18. The van der Waals surface area contributed by atoms with Crippen LogP contribution < -0.4 is 10.5 Å². The summed E-state index contributed by atoms with van der Waals surface area (Å²) in [5, 5.41) is 11.0. The van der Waals surface area contributed by atoms with Crippen molar-refractivity contribution >= 4 is 28.8 Å². The highest BCUT2D eigenvalue weighted by molar-refractivity contribution is 7.95. The monoisotopic (exact) mass is 450 g/mol. The molecule has 30 heavy (non-hydrogen) atoms. The molecule has 0 aromatic heterocycles. The summed E-state index contributed by atoms with van der Waals surface area (Å²) in [6.45, 7) is 0. The minimum atomic E-state index is -2.45. The highest BCUT2D eigenvalue weighted by Gasteiger charge is 2.29. The van der Waals surface area contributed by atoms with Crippen molar-refractivity contribution in [3.8, 4) is 5.75 Å². The van der Waals surface area contributed by atoms with Gasteiger partial charge in [0.1, 0.15) is 5.75 Å². The normalized spacial score (nSPS) is 12.6. The van der Waals surface area contributed by atoms with Crippen molar-refractivity contribution in [1.82, 2.24) is 0 Å². The molecule has 2 aromatic carbocycles. The van der Waals surface area contributed by atoms with E-state index in [0.29, 0.717) is 0 Å². The van der Waals surface area contributed by atoms with Crippen molar-refractivity contribution in [2.75, 3.05) is 7.11 Å². The van der Waals surface area contributed by atoms with Crippen molar-refractivity contribution in [2.45, 2.75) is 5.75 Å². The van der Waals surface area contributed by atoms with E-state index in [4.69, 9.17) is 10.5 Å². The van der Waals surface area contributed by atoms with Crippen LogP contribution in [0, 0.1) is 39.2 Å². The number of halogens is 5. The molecular formula is C17H11F5N2O5S. The van der Waals surface area contributed by atoms with E-state index in [1.54, 1.807) is 0 Å². The number of nitrogens with two attached hydrogens (primary N) is 1. The van der Waals surface area contributed by atoms with Gasteiger partial charge >= 0.3 is 5.69 Å². The van der Waals surface area contributed by atoms with E-state index in [1.807, 2.05) is 0 Å². The summed E-state index contributed by atoms with van der Waals surface area (Å²) in [6.07, 6.45) is 0.187. The number of primary amides is 1. The van der Waals surface area contributed by atoms with E-state index >= 15 is 0 Å². The van der Waals surface area contributed by atoms with Crippen LogP contribution in [0.1, 0.15) is 11.1 Å². The zero-order valence-corrected chi connectivity index (χ0v) is 15.7. The average Bonchev–Trinajstić information content (AvgIpc) is 2.70. The van der Waals surface area contributed by atoms with Gasteiger partial charge in [-0.15, -0.1) is 0 Å². The van der Waals surface area contributed by atoms with Gasteiger partial charge in [-0.25, -0.2) is 22.0 Å². The second-order valence-electron chi connectivity index (χ2n) is 5.61. The first kappa shape index (κ1) is 23.1. The molecule has 160 valence electrons. The first-order chi connectivity index (χ1) is 14.0. The fourth-order valence-corrected chi connectivity index (χ4v) is 3.44. The number of carbonyl (C=O) groups excluding carboxylic acids is 1. The van der Waals surface area contributed by atoms with E-state index in [1.165, 1.54) is 19.2 Å². The summed E-state index contributed by atoms with van der Waals surface area (Å²) in [6, 6.07) is 3.43. The maximum Gasteiger partial charge on any atom is 0.311 e. The molecule has 0 aliphatic carbocycles. The number of methoxy groups -OCH3 is 1. The molecule has 1 unspecified atom stereocenters. The quantitative estimate of drug-likeness (QED) is 0.132. The molecule has 0 saturated carbocycles. The number of nitro groups is 1. The molecule has 0 spiro atoms. The average molecular weight is 450 g/mol. The minimum absolute atomic E-state index is 0.0467. The molecule has 0 aliphatic rings. The number of nitrogens with zero attached hydrogens (tertiary/aromatic N) is 1. The van der Waals surface area contributed by atoms with Crippen molar-refractivity contribution < 1.29 is 41.0 Å². The number of ether oxygens (including phenoxy) is 1. The second-order valence-corrected chi connectivity index (χ2v) is 7.03. The molecule has 0 aliphatic heterocycles. The molecule has 0 bridgehead atoms. The van der Waals surface area contributed by atoms with Crippen LogP contribution in [-0.2, 0) is 21.7 Å². The van der Waals surface area contributed by atoms with E-state index in [-0.39, 0.29) is 17.4 Å². The first-order valence-corrected chi connectivity index (χ1v) is 9.04. The molecule has 2 rings (SSSR count). The number of hydrogen-bond donors (Lipinski definition) is 1. The Morgan fingerprint density at radius 2 is 1.67 bits per heavy atom. The van der Waals surface area contributed by atoms with Crippen LogP contribution in [0.25, 0.3) is 6.08 Å². The summed E-state index contributed by atoms with van der Waals surface area (Å²) in [4.78, 5) is 20.9. The Bertz CT molecular complexity index is 1030. The number of amides is 1. The lowest BCUT2D eigenvalue weighted by atomic mass is 10.1. The van der Waals surface area contributed by atoms with Gasteiger partial charge in [-0.1, -0.05) is 6.07 Å². The Balaban J connectivity index is 2.49. The van der Waals surface area contributed by atoms with Gasteiger partial charge in [-0.05, 0) is 17.2 Å². The fraction of sp³-hybridized carbons (Fsp3) is 0.118. The molecule has 13 heteroatoms. The maximum absolute atomic E-state index is 13.8.